The van der Waals surface area contributed by atoms with Crippen molar-refractivity contribution in [2.45, 2.75) is 43.0 Å². The quantitative estimate of drug-likeness (QED) is 0.492. The monoisotopic (exact) mass is 294 g/mol. The van der Waals surface area contributed by atoms with Gasteiger partial charge >= 0.3 is 0 Å². The molecule has 4 heteroatoms. The van der Waals surface area contributed by atoms with Crippen molar-refractivity contribution in [1.82, 2.24) is 10.6 Å². The van der Waals surface area contributed by atoms with E-state index in [-0.39, 0.29) is 0 Å². The first-order valence-electron chi connectivity index (χ1n) is 7.07. The van der Waals surface area contributed by atoms with Crippen LogP contribution in [0.25, 0.3) is 0 Å². The molecule has 19 heavy (non-hydrogen) atoms. The highest BCUT2D eigenvalue weighted by atomic mass is 32.2. The van der Waals surface area contributed by atoms with Crippen LogP contribution in [0.1, 0.15) is 32.1 Å². The molecule has 0 bridgehead atoms. The first kappa shape index (κ1) is 14.7. The molecule has 2 nitrogen and oxygen atoms in total. The molecule has 0 radical (unpaired) electrons. The van der Waals surface area contributed by atoms with E-state index in [1.54, 1.807) is 0 Å². The maximum atomic E-state index is 5.33. The minimum absolute atomic E-state index is 0.593. The van der Waals surface area contributed by atoms with Gasteiger partial charge in [-0.05, 0) is 37.2 Å². The standard InChI is InChI=1S/C15H22N2S2/c18-15(17-13-7-3-1-4-8-13)16-11-12-19-14-9-5-2-6-10-14/h2,5-6,9-10,13H,1,3-4,7-8,11-12H2,(H2,16,17,18). The van der Waals surface area contributed by atoms with Gasteiger partial charge in [0.05, 0.1) is 0 Å². The molecule has 1 aromatic carbocycles. The van der Waals surface area contributed by atoms with E-state index in [4.69, 9.17) is 12.2 Å². The van der Waals surface area contributed by atoms with Crippen molar-refractivity contribution >= 4 is 29.1 Å². The average Bonchev–Trinajstić information content (AvgIpc) is 2.46. The normalized spacial score (nSPS) is 16.0. The van der Waals surface area contributed by atoms with Gasteiger partial charge in [0.2, 0.25) is 0 Å². The summed E-state index contributed by atoms with van der Waals surface area (Å²) < 4.78 is 0. The third-order valence-electron chi connectivity index (χ3n) is 3.34. The molecule has 2 N–H and O–H groups in total. The Morgan fingerprint density at radius 2 is 1.89 bits per heavy atom. The van der Waals surface area contributed by atoms with Gasteiger partial charge in [0.1, 0.15) is 0 Å². The van der Waals surface area contributed by atoms with Crippen molar-refractivity contribution in [1.29, 1.82) is 0 Å². The molecular formula is C15H22N2S2. The molecule has 1 aliphatic carbocycles. The molecule has 1 fully saturated rings. The third-order valence-corrected chi connectivity index (χ3v) is 4.62. The maximum Gasteiger partial charge on any atom is 0.166 e. The summed E-state index contributed by atoms with van der Waals surface area (Å²) in [5.41, 5.74) is 0. The summed E-state index contributed by atoms with van der Waals surface area (Å²) in [6, 6.07) is 11.1. The Morgan fingerprint density at radius 3 is 2.63 bits per heavy atom. The van der Waals surface area contributed by atoms with Gasteiger partial charge in [-0.1, -0.05) is 37.5 Å². The Hall–Kier alpha value is -0.740. The SMILES string of the molecule is S=C(NCCSc1ccccc1)NC1CCCCC1. The summed E-state index contributed by atoms with van der Waals surface area (Å²) >= 11 is 7.19. The summed E-state index contributed by atoms with van der Waals surface area (Å²) in [6.45, 7) is 0.915. The summed E-state index contributed by atoms with van der Waals surface area (Å²) in [7, 11) is 0. The van der Waals surface area contributed by atoms with Crippen molar-refractivity contribution in [3.05, 3.63) is 30.3 Å². The first-order valence-corrected chi connectivity index (χ1v) is 8.46. The van der Waals surface area contributed by atoms with E-state index < -0.39 is 0 Å². The number of hydrogen-bond donors (Lipinski definition) is 2. The van der Waals surface area contributed by atoms with Crippen LogP contribution in [0.3, 0.4) is 0 Å². The van der Waals surface area contributed by atoms with E-state index in [1.165, 1.54) is 37.0 Å². The molecule has 0 amide bonds. The van der Waals surface area contributed by atoms with Gasteiger partial charge in [-0.15, -0.1) is 11.8 Å². The Bertz CT molecular complexity index is 375. The predicted molar refractivity (Wildman–Crippen MR) is 87.8 cm³/mol. The Kier molecular flexibility index (Phi) is 6.51. The number of rotatable bonds is 5. The van der Waals surface area contributed by atoms with Gasteiger partial charge in [-0.3, -0.25) is 0 Å². The van der Waals surface area contributed by atoms with Gasteiger partial charge in [0, 0.05) is 23.2 Å². The first-order chi connectivity index (χ1) is 9.34. The second-order valence-corrected chi connectivity index (χ2v) is 6.47. The molecule has 0 spiro atoms. The molecule has 0 atom stereocenters. The van der Waals surface area contributed by atoms with E-state index in [0.29, 0.717) is 6.04 Å². The molecule has 0 aromatic heterocycles. The highest BCUT2D eigenvalue weighted by Crippen LogP contribution is 2.17. The summed E-state index contributed by atoms with van der Waals surface area (Å²) in [5.74, 6) is 1.04. The van der Waals surface area contributed by atoms with Gasteiger partial charge < -0.3 is 10.6 Å². The fraction of sp³-hybridized carbons (Fsp3) is 0.533. The lowest BCUT2D eigenvalue weighted by atomic mass is 9.96. The second-order valence-electron chi connectivity index (χ2n) is 4.90. The average molecular weight is 294 g/mol. The highest BCUT2D eigenvalue weighted by molar-refractivity contribution is 7.99. The zero-order valence-corrected chi connectivity index (χ0v) is 12.9. The van der Waals surface area contributed by atoms with Crippen molar-refractivity contribution in [3.63, 3.8) is 0 Å². The predicted octanol–water partition coefficient (Wildman–Crippen LogP) is 3.58. The number of hydrogen-bond acceptors (Lipinski definition) is 2. The van der Waals surface area contributed by atoms with Crippen LogP contribution in [0, 0.1) is 0 Å². The van der Waals surface area contributed by atoms with Crippen LogP contribution >= 0.6 is 24.0 Å². The van der Waals surface area contributed by atoms with E-state index in [0.717, 1.165) is 17.4 Å². The number of nitrogens with one attached hydrogen (secondary N) is 2. The lowest BCUT2D eigenvalue weighted by molar-refractivity contribution is 0.412. The largest absolute Gasteiger partial charge is 0.362 e. The van der Waals surface area contributed by atoms with Crippen molar-refractivity contribution in [2.75, 3.05) is 12.3 Å². The van der Waals surface area contributed by atoms with Crippen LogP contribution < -0.4 is 10.6 Å². The summed E-state index contributed by atoms with van der Waals surface area (Å²) in [6.07, 6.45) is 6.58. The van der Waals surface area contributed by atoms with Gasteiger partial charge in [-0.2, -0.15) is 0 Å². The fourth-order valence-electron chi connectivity index (χ4n) is 2.33. The Balaban J connectivity index is 1.56. The number of benzene rings is 1. The number of thioether (sulfide) groups is 1. The topological polar surface area (TPSA) is 24.1 Å². The van der Waals surface area contributed by atoms with Crippen LogP contribution in [-0.2, 0) is 0 Å². The smallest absolute Gasteiger partial charge is 0.166 e. The van der Waals surface area contributed by atoms with Crippen molar-refractivity contribution in [3.8, 4) is 0 Å². The summed E-state index contributed by atoms with van der Waals surface area (Å²) in [5, 5.41) is 7.55. The lowest BCUT2D eigenvalue weighted by Crippen LogP contribution is -2.43. The third kappa shape index (κ3) is 5.83. The van der Waals surface area contributed by atoms with Crippen LogP contribution in [0.4, 0.5) is 0 Å². The molecule has 2 rings (SSSR count). The molecule has 1 saturated carbocycles. The van der Waals surface area contributed by atoms with E-state index in [1.807, 2.05) is 17.8 Å². The molecule has 1 aliphatic rings. The van der Waals surface area contributed by atoms with Crippen molar-refractivity contribution < 1.29 is 0 Å². The Labute approximate surface area is 125 Å². The molecule has 0 unspecified atom stereocenters. The van der Waals surface area contributed by atoms with E-state index in [9.17, 15) is 0 Å². The van der Waals surface area contributed by atoms with Crippen LogP contribution in [0.2, 0.25) is 0 Å². The van der Waals surface area contributed by atoms with Gasteiger partial charge in [0.25, 0.3) is 0 Å². The molecule has 1 aromatic rings. The minimum Gasteiger partial charge on any atom is -0.362 e. The van der Waals surface area contributed by atoms with Gasteiger partial charge in [-0.25, -0.2) is 0 Å². The maximum absolute atomic E-state index is 5.33. The van der Waals surface area contributed by atoms with E-state index in [2.05, 4.69) is 34.9 Å². The molecule has 0 heterocycles. The molecule has 104 valence electrons. The minimum atomic E-state index is 0.593. The Morgan fingerprint density at radius 1 is 1.16 bits per heavy atom. The zero-order chi connectivity index (χ0) is 13.3. The van der Waals surface area contributed by atoms with Crippen LogP contribution in [0.15, 0.2) is 35.2 Å². The molecule has 0 saturated heterocycles. The van der Waals surface area contributed by atoms with Gasteiger partial charge in [0.15, 0.2) is 5.11 Å². The fourth-order valence-corrected chi connectivity index (χ4v) is 3.39. The lowest BCUT2D eigenvalue weighted by Gasteiger charge is -2.24. The molecular weight excluding hydrogens is 272 g/mol. The van der Waals surface area contributed by atoms with Crippen molar-refractivity contribution in [2.24, 2.45) is 0 Å². The van der Waals surface area contributed by atoms with E-state index >= 15 is 0 Å². The second kappa shape index (κ2) is 8.43. The van der Waals surface area contributed by atoms with Crippen LogP contribution in [0.5, 0.6) is 0 Å². The van der Waals surface area contributed by atoms with Crippen LogP contribution in [-0.4, -0.2) is 23.5 Å². The number of thiocarbonyl (C=S) groups is 1. The zero-order valence-electron chi connectivity index (χ0n) is 11.2. The molecule has 0 aliphatic heterocycles. The highest BCUT2D eigenvalue weighted by Gasteiger charge is 2.13. The summed E-state index contributed by atoms with van der Waals surface area (Å²) in [4.78, 5) is 1.32.